The highest BCUT2D eigenvalue weighted by Gasteiger charge is 2.48. The average molecular weight is 395 g/mol. The number of nitrogens with zero attached hydrogens (tertiary/aromatic N) is 1. The predicted molar refractivity (Wildman–Crippen MR) is 95.4 cm³/mol. The first-order valence-corrected chi connectivity index (χ1v) is 10.1. The number of hydrogen-bond donors (Lipinski definition) is 3. The lowest BCUT2D eigenvalue weighted by molar-refractivity contribution is -0.124. The molecule has 1 aromatic heterocycles. The molecule has 0 aliphatic carbocycles. The molecule has 0 bridgehead atoms. The van der Waals surface area contributed by atoms with E-state index < -0.39 is 20.5 Å². The minimum atomic E-state index is -3.51. The van der Waals surface area contributed by atoms with Crippen molar-refractivity contribution in [2.45, 2.75) is 17.6 Å². The van der Waals surface area contributed by atoms with Crippen LogP contribution >= 0.6 is 23.2 Å². The number of carbonyl (C=O) groups excluding carboxylic acids is 1. The van der Waals surface area contributed by atoms with Gasteiger partial charge in [0, 0.05) is 25.5 Å². The molecular weight excluding hydrogens is 375 g/mol. The molecule has 1 aliphatic rings. The van der Waals surface area contributed by atoms with Gasteiger partial charge in [-0.15, -0.1) is 0 Å². The fraction of sp³-hybridized carbons (Fsp3) is 0.571. The van der Waals surface area contributed by atoms with Crippen molar-refractivity contribution in [2.24, 2.45) is 0 Å². The van der Waals surface area contributed by atoms with E-state index in [1.54, 1.807) is 6.07 Å². The monoisotopic (exact) mass is 394 g/mol. The van der Waals surface area contributed by atoms with Crippen molar-refractivity contribution >= 4 is 44.8 Å². The number of anilines is 1. The number of rotatable bonds is 6. The molecule has 0 unspecified atom stereocenters. The quantitative estimate of drug-likeness (QED) is 0.624. The Bertz CT molecular complexity index is 706. The highest BCUT2D eigenvalue weighted by atomic mass is 35.5. The van der Waals surface area contributed by atoms with Gasteiger partial charge in [0.1, 0.15) is 5.82 Å². The Balaban J connectivity index is 1.92. The Morgan fingerprint density at radius 3 is 2.58 bits per heavy atom. The number of aromatic nitrogens is 1. The summed E-state index contributed by atoms with van der Waals surface area (Å²) in [4.78, 5) is 16.5. The smallest absolute Gasteiger partial charge is 0.241 e. The minimum Gasteiger partial charge on any atom is -0.367 e. The predicted octanol–water partition coefficient (Wildman–Crippen LogP) is 1.08. The Labute approximate surface area is 151 Å². The van der Waals surface area contributed by atoms with Crippen molar-refractivity contribution in [3.05, 3.63) is 22.3 Å². The van der Waals surface area contributed by atoms with Crippen LogP contribution in [-0.2, 0) is 14.6 Å². The van der Waals surface area contributed by atoms with Crippen LogP contribution in [0, 0.1) is 0 Å². The number of nitrogens with one attached hydrogen (secondary N) is 3. The zero-order chi connectivity index (χ0) is 17.8. The van der Waals surface area contributed by atoms with Gasteiger partial charge in [-0.1, -0.05) is 23.2 Å². The molecule has 1 amide bonds. The fourth-order valence-corrected chi connectivity index (χ4v) is 4.46. The number of sulfone groups is 1. The van der Waals surface area contributed by atoms with Gasteiger partial charge in [0.05, 0.1) is 10.0 Å². The summed E-state index contributed by atoms with van der Waals surface area (Å²) in [7, 11) is -3.51. The lowest BCUT2D eigenvalue weighted by Crippen LogP contribution is -2.57. The molecule has 2 rings (SSSR count). The summed E-state index contributed by atoms with van der Waals surface area (Å²) in [6, 6.07) is 1.56. The Kier molecular flexibility index (Phi) is 6.30. The van der Waals surface area contributed by atoms with Crippen LogP contribution in [0.2, 0.25) is 10.0 Å². The summed E-state index contributed by atoms with van der Waals surface area (Å²) >= 11 is 11.8. The fourth-order valence-electron chi connectivity index (χ4n) is 2.66. The molecule has 10 heteroatoms. The maximum atomic E-state index is 12.5. The maximum absolute atomic E-state index is 12.5. The van der Waals surface area contributed by atoms with E-state index in [1.165, 1.54) is 6.20 Å². The van der Waals surface area contributed by atoms with Crippen LogP contribution in [0.15, 0.2) is 12.3 Å². The van der Waals surface area contributed by atoms with Crippen molar-refractivity contribution in [1.82, 2.24) is 15.6 Å². The standard InChI is InChI=1S/C14H20Cl2N4O3S/c1-24(22,23)14(2-4-17-5-3-14)13(21)19-7-6-18-12-11(16)8-10(15)9-20-12/h8-9,17H,2-7H2,1H3,(H,18,20)(H,19,21). The Morgan fingerprint density at radius 2 is 2.00 bits per heavy atom. The van der Waals surface area contributed by atoms with Gasteiger partial charge in [-0.3, -0.25) is 4.79 Å². The van der Waals surface area contributed by atoms with Crippen molar-refractivity contribution in [2.75, 3.05) is 37.8 Å². The third kappa shape index (κ3) is 4.30. The van der Waals surface area contributed by atoms with Crippen LogP contribution in [0.3, 0.4) is 0 Å². The molecule has 134 valence electrons. The summed E-state index contributed by atoms with van der Waals surface area (Å²) in [6.07, 6.45) is 3.13. The molecule has 0 aromatic carbocycles. The molecule has 0 saturated carbocycles. The molecule has 0 atom stereocenters. The van der Waals surface area contributed by atoms with E-state index in [1.807, 2.05) is 0 Å². The van der Waals surface area contributed by atoms with E-state index in [4.69, 9.17) is 23.2 Å². The zero-order valence-corrected chi connectivity index (χ0v) is 15.6. The number of amides is 1. The first kappa shape index (κ1) is 19.2. The summed E-state index contributed by atoms with van der Waals surface area (Å²) in [5, 5.41) is 9.55. The van der Waals surface area contributed by atoms with Gasteiger partial charge in [-0.25, -0.2) is 13.4 Å². The molecule has 24 heavy (non-hydrogen) atoms. The number of carbonyl (C=O) groups is 1. The van der Waals surface area contributed by atoms with E-state index in [9.17, 15) is 13.2 Å². The van der Waals surface area contributed by atoms with Crippen LogP contribution < -0.4 is 16.0 Å². The zero-order valence-electron chi connectivity index (χ0n) is 13.2. The van der Waals surface area contributed by atoms with Crippen molar-refractivity contribution in [1.29, 1.82) is 0 Å². The second-order valence-corrected chi connectivity index (χ2v) is 8.85. The summed E-state index contributed by atoms with van der Waals surface area (Å²) in [5.41, 5.74) is 0. The topological polar surface area (TPSA) is 100 Å². The van der Waals surface area contributed by atoms with Gasteiger partial charge in [0.15, 0.2) is 14.6 Å². The van der Waals surface area contributed by atoms with Crippen molar-refractivity contribution in [3.8, 4) is 0 Å². The van der Waals surface area contributed by atoms with Gasteiger partial charge in [-0.2, -0.15) is 0 Å². The molecule has 1 fully saturated rings. The van der Waals surface area contributed by atoms with Crippen LogP contribution in [0.25, 0.3) is 0 Å². The van der Waals surface area contributed by atoms with Crippen molar-refractivity contribution in [3.63, 3.8) is 0 Å². The molecule has 1 aromatic rings. The molecule has 1 aliphatic heterocycles. The second-order valence-electron chi connectivity index (χ2n) is 5.68. The summed E-state index contributed by atoms with van der Waals surface area (Å²) in [6.45, 7) is 1.62. The number of halogens is 2. The summed E-state index contributed by atoms with van der Waals surface area (Å²) in [5.74, 6) is -0.00142. The summed E-state index contributed by atoms with van der Waals surface area (Å²) < 4.78 is 22.9. The molecule has 7 nitrogen and oxygen atoms in total. The van der Waals surface area contributed by atoms with Crippen molar-refractivity contribution < 1.29 is 13.2 Å². The lowest BCUT2D eigenvalue weighted by Gasteiger charge is -2.34. The number of hydrogen-bond acceptors (Lipinski definition) is 6. The average Bonchev–Trinajstić information content (AvgIpc) is 2.52. The molecule has 0 spiro atoms. The van der Waals surface area contributed by atoms with E-state index in [2.05, 4.69) is 20.9 Å². The van der Waals surface area contributed by atoms with E-state index in [0.717, 1.165) is 6.26 Å². The second kappa shape index (κ2) is 7.86. The maximum Gasteiger partial charge on any atom is 0.241 e. The lowest BCUT2D eigenvalue weighted by atomic mass is 9.96. The van der Waals surface area contributed by atoms with Crippen LogP contribution in [0.4, 0.5) is 5.82 Å². The Morgan fingerprint density at radius 1 is 1.33 bits per heavy atom. The van der Waals surface area contributed by atoms with E-state index in [0.29, 0.717) is 35.5 Å². The van der Waals surface area contributed by atoms with Crippen LogP contribution in [-0.4, -0.2) is 56.5 Å². The highest BCUT2D eigenvalue weighted by molar-refractivity contribution is 7.92. The largest absolute Gasteiger partial charge is 0.367 e. The minimum absolute atomic E-state index is 0.254. The molecular formula is C14H20Cl2N4O3S. The molecule has 3 N–H and O–H groups in total. The van der Waals surface area contributed by atoms with Gasteiger partial charge < -0.3 is 16.0 Å². The molecule has 1 saturated heterocycles. The van der Waals surface area contributed by atoms with Gasteiger partial charge in [-0.05, 0) is 32.0 Å². The van der Waals surface area contributed by atoms with Gasteiger partial charge in [0.25, 0.3) is 0 Å². The third-order valence-electron chi connectivity index (χ3n) is 4.05. The Hall–Kier alpha value is -1.09. The molecule has 2 heterocycles. The normalized spacial score (nSPS) is 17.3. The van der Waals surface area contributed by atoms with Gasteiger partial charge in [0.2, 0.25) is 5.91 Å². The molecule has 0 radical (unpaired) electrons. The number of piperidine rings is 1. The third-order valence-corrected chi connectivity index (χ3v) is 6.55. The number of pyridine rings is 1. The first-order chi connectivity index (χ1) is 11.3. The van der Waals surface area contributed by atoms with Crippen LogP contribution in [0.1, 0.15) is 12.8 Å². The SMILES string of the molecule is CS(=O)(=O)C1(C(=O)NCCNc2ncc(Cl)cc2Cl)CCNCC1. The highest BCUT2D eigenvalue weighted by Crippen LogP contribution is 2.28. The van der Waals surface area contributed by atoms with E-state index >= 15 is 0 Å². The van der Waals surface area contributed by atoms with Crippen LogP contribution in [0.5, 0.6) is 0 Å². The first-order valence-electron chi connectivity index (χ1n) is 7.50. The van der Waals surface area contributed by atoms with E-state index in [-0.39, 0.29) is 19.4 Å². The van der Waals surface area contributed by atoms with Gasteiger partial charge >= 0.3 is 0 Å².